The number of hydrogen-bond acceptors (Lipinski definition) is 8. The van der Waals surface area contributed by atoms with Gasteiger partial charge in [-0.2, -0.15) is 13.2 Å². The Labute approximate surface area is 268 Å². The molecule has 0 aliphatic carbocycles. The van der Waals surface area contributed by atoms with Crippen LogP contribution in [0, 0.1) is 0 Å². The van der Waals surface area contributed by atoms with Gasteiger partial charge in [-0.05, 0) is 82.7 Å². The minimum Gasteiger partial charge on any atom is -0.494 e. The van der Waals surface area contributed by atoms with Gasteiger partial charge in [-0.3, -0.25) is 4.79 Å². The number of fused-ring (bicyclic) bond motifs is 1. The van der Waals surface area contributed by atoms with Crippen molar-refractivity contribution < 1.29 is 27.4 Å². The molecule has 9 nitrogen and oxygen atoms in total. The average Bonchev–Trinajstić information content (AvgIpc) is 3.26. The van der Waals surface area contributed by atoms with Gasteiger partial charge in [0.2, 0.25) is 11.9 Å². The van der Waals surface area contributed by atoms with Gasteiger partial charge in [0, 0.05) is 56.4 Å². The summed E-state index contributed by atoms with van der Waals surface area (Å²) in [6.45, 7) is 10.3. The number of aromatic nitrogens is 2. The highest BCUT2D eigenvalue weighted by Crippen LogP contribution is 2.41. The first-order valence-electron chi connectivity index (χ1n) is 15.6. The van der Waals surface area contributed by atoms with Crippen LogP contribution in [0.1, 0.15) is 62.9 Å². The van der Waals surface area contributed by atoms with Crippen LogP contribution in [0.15, 0.2) is 42.6 Å². The Hall–Kier alpha value is -3.90. The molecule has 0 atom stereocenters. The molecule has 5 rings (SSSR count). The predicted octanol–water partition coefficient (Wildman–Crippen LogP) is 6.25. The largest absolute Gasteiger partial charge is 0.494 e. The summed E-state index contributed by atoms with van der Waals surface area (Å²) in [5.41, 5.74) is 1.83. The molecule has 2 aliphatic heterocycles. The number of nitrogens with one attached hydrogen (secondary N) is 3. The van der Waals surface area contributed by atoms with Gasteiger partial charge in [-0.15, -0.1) is 0 Å². The third kappa shape index (κ3) is 7.23. The Kier molecular flexibility index (Phi) is 9.51. The lowest BCUT2D eigenvalue weighted by molar-refractivity contribution is -0.138. The van der Waals surface area contributed by atoms with E-state index in [9.17, 15) is 18.0 Å². The number of rotatable bonds is 11. The molecule has 0 spiro atoms. The number of amides is 1. The highest BCUT2D eigenvalue weighted by molar-refractivity contribution is 6.06. The molecule has 2 aromatic carbocycles. The van der Waals surface area contributed by atoms with E-state index in [-0.39, 0.29) is 36.0 Å². The first-order valence-corrected chi connectivity index (χ1v) is 15.6. The molecule has 248 valence electrons. The van der Waals surface area contributed by atoms with Crippen molar-refractivity contribution in [1.29, 1.82) is 0 Å². The van der Waals surface area contributed by atoms with Gasteiger partial charge in [0.1, 0.15) is 5.75 Å². The summed E-state index contributed by atoms with van der Waals surface area (Å²) < 4.78 is 53.2. The summed E-state index contributed by atoms with van der Waals surface area (Å²) in [6, 6.07) is 11.6. The Morgan fingerprint density at radius 1 is 1.09 bits per heavy atom. The average molecular weight is 641 g/mol. The van der Waals surface area contributed by atoms with Crippen molar-refractivity contribution in [2.75, 3.05) is 49.4 Å². The summed E-state index contributed by atoms with van der Waals surface area (Å²) >= 11 is 0. The first-order chi connectivity index (χ1) is 21.7. The van der Waals surface area contributed by atoms with Crippen LogP contribution in [0.2, 0.25) is 0 Å². The topological polar surface area (TPSA) is 101 Å². The molecule has 0 radical (unpaired) electrons. The highest BCUT2D eigenvalue weighted by Gasteiger charge is 2.40. The number of methoxy groups -OCH3 is 2. The van der Waals surface area contributed by atoms with Crippen LogP contribution in [0.5, 0.6) is 5.75 Å². The number of alkyl halides is 3. The van der Waals surface area contributed by atoms with Crippen LogP contribution in [0.3, 0.4) is 0 Å². The second kappa shape index (κ2) is 13.1. The lowest BCUT2D eigenvalue weighted by Gasteiger charge is -2.36. The van der Waals surface area contributed by atoms with E-state index >= 15 is 0 Å². The molecule has 0 unspecified atom stereocenters. The molecule has 1 saturated heterocycles. The van der Waals surface area contributed by atoms with Crippen molar-refractivity contribution in [3.8, 4) is 5.75 Å². The van der Waals surface area contributed by atoms with Crippen LogP contribution < -0.4 is 25.6 Å². The fourth-order valence-corrected chi connectivity index (χ4v) is 6.11. The van der Waals surface area contributed by atoms with E-state index in [1.54, 1.807) is 20.3 Å². The molecule has 46 heavy (non-hydrogen) atoms. The highest BCUT2D eigenvalue weighted by atomic mass is 19.4. The number of hydrogen-bond donors (Lipinski definition) is 3. The minimum atomic E-state index is -4.62. The number of nitrogens with zero attached hydrogens (tertiary/aromatic N) is 3. The molecule has 3 N–H and O–H groups in total. The predicted molar refractivity (Wildman–Crippen MR) is 173 cm³/mol. The van der Waals surface area contributed by atoms with Crippen molar-refractivity contribution in [2.24, 2.45) is 0 Å². The summed E-state index contributed by atoms with van der Waals surface area (Å²) in [4.78, 5) is 23.1. The number of halogens is 3. The maximum atomic E-state index is 14.0. The number of piperidine rings is 1. The first kappa shape index (κ1) is 33.5. The van der Waals surface area contributed by atoms with Gasteiger partial charge in [0.05, 0.1) is 35.1 Å². The number of carbonyl (C=O) groups excluding carboxylic acids is 1. The van der Waals surface area contributed by atoms with E-state index in [2.05, 4.69) is 44.7 Å². The van der Waals surface area contributed by atoms with Crippen molar-refractivity contribution in [3.63, 3.8) is 0 Å². The third-order valence-electron chi connectivity index (χ3n) is 9.06. The SMILES string of the molecule is COc1cc(N2CCC(NCC(C)(C)OC)CC2)ccc1Nc1ncc(C(F)(F)F)c(CCc2cccc3c2C(C)(C)C(=O)N3)n1. The molecule has 12 heteroatoms. The van der Waals surface area contributed by atoms with Gasteiger partial charge in [-0.25, -0.2) is 9.97 Å². The fraction of sp³-hybridized carbons (Fsp3) is 0.500. The van der Waals surface area contributed by atoms with E-state index in [0.717, 1.165) is 55.5 Å². The van der Waals surface area contributed by atoms with Gasteiger partial charge in [-0.1, -0.05) is 12.1 Å². The lowest BCUT2D eigenvalue weighted by Crippen LogP contribution is -2.47. The van der Waals surface area contributed by atoms with E-state index in [1.807, 2.05) is 44.2 Å². The minimum absolute atomic E-state index is 0.0105. The maximum Gasteiger partial charge on any atom is 0.419 e. The number of carbonyl (C=O) groups is 1. The number of ether oxygens (including phenoxy) is 2. The van der Waals surface area contributed by atoms with E-state index in [0.29, 0.717) is 23.2 Å². The van der Waals surface area contributed by atoms with E-state index < -0.39 is 17.2 Å². The Morgan fingerprint density at radius 3 is 2.50 bits per heavy atom. The quantitative estimate of drug-likeness (QED) is 0.226. The second-order valence-corrected chi connectivity index (χ2v) is 13.1. The van der Waals surface area contributed by atoms with E-state index in [4.69, 9.17) is 9.47 Å². The molecule has 1 aromatic heterocycles. The summed E-state index contributed by atoms with van der Waals surface area (Å²) in [5.74, 6) is 0.433. The Balaban J connectivity index is 1.30. The summed E-state index contributed by atoms with van der Waals surface area (Å²) in [6.07, 6.45) is -1.54. The van der Waals surface area contributed by atoms with Gasteiger partial charge >= 0.3 is 6.18 Å². The molecular formula is C34H43F3N6O3. The number of aryl methyl sites for hydroxylation is 2. The molecule has 1 fully saturated rings. The Morgan fingerprint density at radius 2 is 1.83 bits per heavy atom. The lowest BCUT2D eigenvalue weighted by atomic mass is 9.82. The standard InChI is InChI=1S/C34H43F3N6O3/c1-32(2,46-6)20-39-22-14-16-43(17-15-22)23-11-13-26(28(18-23)45-5)42-31-38-19-24(34(35,36)37)25(41-31)12-10-21-8-7-9-27-29(21)33(3,4)30(44)40-27/h7-9,11,13,18-19,22,39H,10,12,14-17,20H2,1-6H3,(H,40,44)(H,38,41,42). The number of anilines is 4. The Bertz CT molecular complexity index is 1570. The smallest absolute Gasteiger partial charge is 0.419 e. The van der Waals surface area contributed by atoms with Gasteiger partial charge in [0.15, 0.2) is 0 Å². The zero-order valence-corrected chi connectivity index (χ0v) is 27.3. The molecule has 3 heterocycles. The zero-order chi connectivity index (χ0) is 33.3. The van der Waals surface area contributed by atoms with Crippen molar-refractivity contribution in [2.45, 2.75) is 76.6 Å². The van der Waals surface area contributed by atoms with Crippen LogP contribution in [0.25, 0.3) is 0 Å². The number of benzene rings is 2. The monoisotopic (exact) mass is 640 g/mol. The van der Waals surface area contributed by atoms with Crippen LogP contribution >= 0.6 is 0 Å². The van der Waals surface area contributed by atoms with Crippen LogP contribution in [-0.2, 0) is 34.0 Å². The molecule has 1 amide bonds. The third-order valence-corrected chi connectivity index (χ3v) is 9.06. The maximum absolute atomic E-state index is 14.0. The van der Waals surface area contributed by atoms with E-state index in [1.165, 1.54) is 0 Å². The van der Waals surface area contributed by atoms with Crippen molar-refractivity contribution >= 4 is 28.9 Å². The van der Waals surface area contributed by atoms with Crippen molar-refractivity contribution in [1.82, 2.24) is 15.3 Å². The molecule has 0 saturated carbocycles. The summed E-state index contributed by atoms with van der Waals surface area (Å²) in [7, 11) is 3.27. The van der Waals surface area contributed by atoms with Crippen LogP contribution in [-0.4, -0.2) is 61.4 Å². The molecular weight excluding hydrogens is 597 g/mol. The second-order valence-electron chi connectivity index (χ2n) is 13.1. The zero-order valence-electron chi connectivity index (χ0n) is 27.3. The molecule has 3 aromatic rings. The normalized spacial score (nSPS) is 16.7. The van der Waals surface area contributed by atoms with Gasteiger partial charge in [0.25, 0.3) is 0 Å². The van der Waals surface area contributed by atoms with Crippen LogP contribution in [0.4, 0.5) is 36.2 Å². The summed E-state index contributed by atoms with van der Waals surface area (Å²) in [5, 5.41) is 9.55. The fourth-order valence-electron chi connectivity index (χ4n) is 6.11. The van der Waals surface area contributed by atoms with Crippen molar-refractivity contribution in [3.05, 3.63) is 65.0 Å². The molecule has 0 bridgehead atoms. The van der Waals surface area contributed by atoms with Gasteiger partial charge < -0.3 is 30.3 Å². The molecule has 2 aliphatic rings.